The molecule has 0 unspecified atom stereocenters. The molecule has 0 aromatic heterocycles. The zero-order valence-electron chi connectivity index (χ0n) is 10.00. The third kappa shape index (κ3) is 3.19. The van der Waals surface area contributed by atoms with Gasteiger partial charge in [-0.25, -0.2) is 4.39 Å². The SMILES string of the molecule is CC(C)Oc1ccc(NC(=O)C2CC2)cc1F. The smallest absolute Gasteiger partial charge is 0.227 e. The lowest BCUT2D eigenvalue weighted by molar-refractivity contribution is -0.117. The highest BCUT2D eigenvalue weighted by molar-refractivity contribution is 5.94. The topological polar surface area (TPSA) is 38.3 Å². The van der Waals surface area contributed by atoms with Crippen LogP contribution in [0.1, 0.15) is 26.7 Å². The lowest BCUT2D eigenvalue weighted by Gasteiger charge is -2.11. The maximum Gasteiger partial charge on any atom is 0.227 e. The zero-order valence-corrected chi connectivity index (χ0v) is 10.00. The summed E-state index contributed by atoms with van der Waals surface area (Å²) in [6, 6.07) is 4.48. The molecule has 17 heavy (non-hydrogen) atoms. The number of carbonyl (C=O) groups excluding carboxylic acids is 1. The maximum absolute atomic E-state index is 13.6. The molecule has 3 nitrogen and oxygen atoms in total. The number of carbonyl (C=O) groups is 1. The van der Waals surface area contributed by atoms with Crippen LogP contribution < -0.4 is 10.1 Å². The predicted molar refractivity (Wildman–Crippen MR) is 63.5 cm³/mol. The second-order valence-electron chi connectivity index (χ2n) is 4.58. The fourth-order valence-corrected chi connectivity index (χ4v) is 1.52. The second-order valence-corrected chi connectivity index (χ2v) is 4.58. The van der Waals surface area contributed by atoms with Crippen molar-refractivity contribution in [3.63, 3.8) is 0 Å². The van der Waals surface area contributed by atoms with Crippen molar-refractivity contribution < 1.29 is 13.9 Å². The van der Waals surface area contributed by atoms with E-state index in [4.69, 9.17) is 4.74 Å². The molecule has 0 heterocycles. The Morgan fingerprint density at radius 3 is 2.71 bits per heavy atom. The third-order valence-electron chi connectivity index (χ3n) is 2.51. The molecule has 2 rings (SSSR count). The molecule has 0 atom stereocenters. The van der Waals surface area contributed by atoms with Gasteiger partial charge in [0, 0.05) is 17.7 Å². The summed E-state index contributed by atoms with van der Waals surface area (Å²) in [4.78, 5) is 11.5. The lowest BCUT2D eigenvalue weighted by atomic mass is 10.2. The number of nitrogens with one attached hydrogen (secondary N) is 1. The van der Waals surface area contributed by atoms with Crippen molar-refractivity contribution in [1.82, 2.24) is 0 Å². The summed E-state index contributed by atoms with van der Waals surface area (Å²) < 4.78 is 18.9. The Kier molecular flexibility index (Phi) is 3.31. The van der Waals surface area contributed by atoms with E-state index >= 15 is 0 Å². The monoisotopic (exact) mass is 237 g/mol. The lowest BCUT2D eigenvalue weighted by Crippen LogP contribution is -2.13. The summed E-state index contributed by atoms with van der Waals surface area (Å²) in [5.41, 5.74) is 0.482. The van der Waals surface area contributed by atoms with E-state index in [2.05, 4.69) is 5.32 Å². The second kappa shape index (κ2) is 4.73. The van der Waals surface area contributed by atoms with Crippen molar-refractivity contribution in [2.75, 3.05) is 5.32 Å². The van der Waals surface area contributed by atoms with Crippen LogP contribution in [0, 0.1) is 11.7 Å². The quantitative estimate of drug-likeness (QED) is 0.874. The minimum absolute atomic E-state index is 0.0260. The highest BCUT2D eigenvalue weighted by Gasteiger charge is 2.29. The Balaban J connectivity index is 2.04. The van der Waals surface area contributed by atoms with E-state index < -0.39 is 5.82 Å². The van der Waals surface area contributed by atoms with Gasteiger partial charge in [-0.3, -0.25) is 4.79 Å². The van der Waals surface area contributed by atoms with Gasteiger partial charge in [0.05, 0.1) is 6.10 Å². The molecule has 4 heteroatoms. The molecule has 1 aliphatic rings. The highest BCUT2D eigenvalue weighted by atomic mass is 19.1. The molecule has 1 aromatic carbocycles. The van der Waals surface area contributed by atoms with Crippen LogP contribution in [0.2, 0.25) is 0 Å². The Morgan fingerprint density at radius 2 is 2.18 bits per heavy atom. The largest absolute Gasteiger partial charge is 0.488 e. The summed E-state index contributed by atoms with van der Waals surface area (Å²) in [6.45, 7) is 3.67. The van der Waals surface area contributed by atoms with Crippen molar-refractivity contribution >= 4 is 11.6 Å². The summed E-state index contributed by atoms with van der Waals surface area (Å²) in [5.74, 6) is -0.150. The summed E-state index contributed by atoms with van der Waals surface area (Å²) in [6.07, 6.45) is 1.79. The predicted octanol–water partition coefficient (Wildman–Crippen LogP) is 2.96. The van der Waals surface area contributed by atoms with Crippen molar-refractivity contribution in [3.8, 4) is 5.75 Å². The van der Waals surface area contributed by atoms with E-state index in [1.807, 2.05) is 13.8 Å². The Bertz CT molecular complexity index is 427. The molecule has 0 saturated heterocycles. The van der Waals surface area contributed by atoms with Gasteiger partial charge in [-0.2, -0.15) is 0 Å². The van der Waals surface area contributed by atoms with E-state index in [-0.39, 0.29) is 23.7 Å². The van der Waals surface area contributed by atoms with Gasteiger partial charge in [0.25, 0.3) is 0 Å². The first kappa shape index (κ1) is 11.9. The molecule has 0 aliphatic heterocycles. The van der Waals surface area contributed by atoms with Gasteiger partial charge in [-0.15, -0.1) is 0 Å². The van der Waals surface area contributed by atoms with Crippen LogP contribution in [0.25, 0.3) is 0 Å². The maximum atomic E-state index is 13.6. The normalized spacial score (nSPS) is 14.8. The molecule has 1 amide bonds. The fraction of sp³-hybridized carbons (Fsp3) is 0.462. The number of ether oxygens (including phenoxy) is 1. The van der Waals surface area contributed by atoms with E-state index in [0.717, 1.165) is 12.8 Å². The number of hydrogen-bond donors (Lipinski definition) is 1. The molecule has 1 N–H and O–H groups in total. The van der Waals surface area contributed by atoms with Gasteiger partial charge in [0.1, 0.15) is 0 Å². The van der Waals surface area contributed by atoms with Gasteiger partial charge in [-0.05, 0) is 38.8 Å². The van der Waals surface area contributed by atoms with Gasteiger partial charge < -0.3 is 10.1 Å². The van der Waals surface area contributed by atoms with Crippen molar-refractivity contribution in [3.05, 3.63) is 24.0 Å². The van der Waals surface area contributed by atoms with Crippen LogP contribution in [-0.2, 0) is 4.79 Å². The van der Waals surface area contributed by atoms with Crippen molar-refractivity contribution in [2.24, 2.45) is 5.92 Å². The molecule has 92 valence electrons. The number of hydrogen-bond acceptors (Lipinski definition) is 2. The van der Waals surface area contributed by atoms with E-state index in [9.17, 15) is 9.18 Å². The first-order valence-electron chi connectivity index (χ1n) is 5.83. The van der Waals surface area contributed by atoms with E-state index in [0.29, 0.717) is 5.69 Å². The Morgan fingerprint density at radius 1 is 1.47 bits per heavy atom. The molecule has 1 aliphatic carbocycles. The summed E-state index contributed by atoms with van der Waals surface area (Å²) in [5, 5.41) is 2.69. The third-order valence-corrected chi connectivity index (χ3v) is 2.51. The number of rotatable bonds is 4. The molecule has 1 aromatic rings. The Labute approximate surface area is 100.0 Å². The number of halogens is 1. The number of anilines is 1. The van der Waals surface area contributed by atoms with Gasteiger partial charge in [-0.1, -0.05) is 0 Å². The highest BCUT2D eigenvalue weighted by Crippen LogP contribution is 2.30. The fourth-order valence-electron chi connectivity index (χ4n) is 1.52. The average Bonchev–Trinajstić information content (AvgIpc) is 3.05. The van der Waals surface area contributed by atoms with Crippen LogP contribution in [0.3, 0.4) is 0 Å². The van der Waals surface area contributed by atoms with E-state index in [1.165, 1.54) is 12.1 Å². The molecule has 1 saturated carbocycles. The standard InChI is InChI=1S/C13H16FNO2/c1-8(2)17-12-6-5-10(7-11(12)14)15-13(16)9-3-4-9/h5-9H,3-4H2,1-2H3,(H,15,16). The summed E-state index contributed by atoms with van der Waals surface area (Å²) in [7, 11) is 0. The van der Waals surface area contributed by atoms with Gasteiger partial charge in [0.2, 0.25) is 5.91 Å². The van der Waals surface area contributed by atoms with Crippen LogP contribution >= 0.6 is 0 Å². The molecule has 0 radical (unpaired) electrons. The molecular formula is C13H16FNO2. The molecule has 0 bridgehead atoms. The Hall–Kier alpha value is -1.58. The minimum atomic E-state index is -0.452. The average molecular weight is 237 g/mol. The van der Waals surface area contributed by atoms with Crippen molar-refractivity contribution in [2.45, 2.75) is 32.8 Å². The number of benzene rings is 1. The van der Waals surface area contributed by atoms with Crippen molar-refractivity contribution in [1.29, 1.82) is 0 Å². The van der Waals surface area contributed by atoms with Crippen LogP contribution in [0.5, 0.6) is 5.75 Å². The van der Waals surface area contributed by atoms with Crippen LogP contribution in [-0.4, -0.2) is 12.0 Å². The van der Waals surface area contributed by atoms with Gasteiger partial charge in [0.15, 0.2) is 11.6 Å². The first-order valence-corrected chi connectivity index (χ1v) is 5.83. The summed E-state index contributed by atoms with van der Waals surface area (Å²) >= 11 is 0. The van der Waals surface area contributed by atoms with Gasteiger partial charge >= 0.3 is 0 Å². The first-order chi connectivity index (χ1) is 8.06. The zero-order chi connectivity index (χ0) is 12.4. The van der Waals surface area contributed by atoms with Crippen LogP contribution in [0.15, 0.2) is 18.2 Å². The number of amides is 1. The van der Waals surface area contributed by atoms with E-state index in [1.54, 1.807) is 6.07 Å². The molecule has 0 spiro atoms. The molecule has 1 fully saturated rings. The van der Waals surface area contributed by atoms with Crippen LogP contribution in [0.4, 0.5) is 10.1 Å². The molecular weight excluding hydrogens is 221 g/mol. The minimum Gasteiger partial charge on any atom is -0.488 e.